The summed E-state index contributed by atoms with van der Waals surface area (Å²) in [5, 5.41) is 6.59. The first-order chi connectivity index (χ1) is 19.4. The van der Waals surface area contributed by atoms with E-state index in [1.165, 1.54) is 30.6 Å². The monoisotopic (exact) mass is 568 g/mol. The number of benzene rings is 3. The van der Waals surface area contributed by atoms with Crippen LogP contribution in [0.4, 0.5) is 43.4 Å². The predicted molar refractivity (Wildman–Crippen MR) is 145 cm³/mol. The molecular formula is C30H22F6N4O. The fourth-order valence-electron chi connectivity index (χ4n) is 4.60. The molecule has 0 bridgehead atoms. The van der Waals surface area contributed by atoms with Crippen molar-refractivity contribution in [3.8, 4) is 11.1 Å². The van der Waals surface area contributed by atoms with Gasteiger partial charge in [0.05, 0.1) is 29.4 Å². The van der Waals surface area contributed by atoms with E-state index in [0.29, 0.717) is 17.8 Å². The van der Waals surface area contributed by atoms with Crippen molar-refractivity contribution in [2.24, 2.45) is 0 Å². The van der Waals surface area contributed by atoms with Crippen LogP contribution in [0, 0.1) is 6.92 Å². The normalized spacial score (nSPS) is 12.0. The second kappa shape index (κ2) is 10.6. The highest BCUT2D eigenvalue weighted by Crippen LogP contribution is 2.41. The summed E-state index contributed by atoms with van der Waals surface area (Å²) in [7, 11) is 0. The van der Waals surface area contributed by atoms with Crippen molar-refractivity contribution in [1.29, 1.82) is 0 Å². The second-order valence-electron chi connectivity index (χ2n) is 9.42. The molecule has 0 radical (unpaired) electrons. The minimum atomic E-state index is -5.02. The SMILES string of the molecule is Cc1[nH]c2ccccc2c1CC(=O)Nc1ccc(Nc2cccnc2)c(-c2cc(C(F)(F)F)cc(C(F)(F)F)c2)c1. The van der Waals surface area contributed by atoms with E-state index >= 15 is 0 Å². The van der Waals surface area contributed by atoms with Gasteiger partial charge in [0.15, 0.2) is 0 Å². The van der Waals surface area contributed by atoms with Crippen LogP contribution in [0.5, 0.6) is 0 Å². The lowest BCUT2D eigenvalue weighted by atomic mass is 9.97. The van der Waals surface area contributed by atoms with Crippen molar-refractivity contribution in [2.75, 3.05) is 10.6 Å². The number of aromatic amines is 1. The smallest absolute Gasteiger partial charge is 0.358 e. The summed E-state index contributed by atoms with van der Waals surface area (Å²) in [4.78, 5) is 20.2. The van der Waals surface area contributed by atoms with E-state index < -0.39 is 29.4 Å². The van der Waals surface area contributed by atoms with Gasteiger partial charge in [-0.2, -0.15) is 26.3 Å². The minimum Gasteiger partial charge on any atom is -0.358 e. The molecule has 0 saturated carbocycles. The molecule has 0 atom stereocenters. The molecule has 210 valence electrons. The first kappa shape index (κ1) is 27.8. The molecular weight excluding hydrogens is 546 g/mol. The molecule has 0 unspecified atom stereocenters. The van der Waals surface area contributed by atoms with Gasteiger partial charge in [0, 0.05) is 39.7 Å². The molecule has 0 spiro atoms. The van der Waals surface area contributed by atoms with Crippen molar-refractivity contribution >= 4 is 33.9 Å². The van der Waals surface area contributed by atoms with E-state index in [-0.39, 0.29) is 35.0 Å². The van der Waals surface area contributed by atoms with E-state index in [0.717, 1.165) is 22.2 Å². The standard InChI is InChI=1S/C30H22F6N4O/c1-17-24(23-6-2-3-7-26(23)38-17)15-28(41)40-21-8-9-27(39-22-5-4-10-37-16-22)25(14-21)18-11-19(29(31,32)33)13-20(12-18)30(34,35)36/h2-14,16,38-39H,15H2,1H3,(H,40,41). The van der Waals surface area contributed by atoms with Crippen LogP contribution in [0.15, 0.2) is 85.2 Å². The van der Waals surface area contributed by atoms with E-state index in [1.54, 1.807) is 12.1 Å². The quantitative estimate of drug-likeness (QED) is 0.180. The number of nitrogens with zero attached hydrogens (tertiary/aromatic N) is 1. The molecule has 5 nitrogen and oxygen atoms in total. The number of anilines is 3. The van der Waals surface area contributed by atoms with Crippen LogP contribution >= 0.6 is 0 Å². The maximum Gasteiger partial charge on any atom is 0.416 e. The number of H-pyrrole nitrogens is 1. The third kappa shape index (κ3) is 6.19. The molecule has 3 N–H and O–H groups in total. The van der Waals surface area contributed by atoms with Crippen LogP contribution in [0.25, 0.3) is 22.0 Å². The van der Waals surface area contributed by atoms with Crippen molar-refractivity contribution < 1.29 is 31.1 Å². The number of aryl methyl sites for hydroxylation is 1. The van der Waals surface area contributed by atoms with Gasteiger partial charge >= 0.3 is 12.4 Å². The highest BCUT2D eigenvalue weighted by Gasteiger charge is 2.37. The van der Waals surface area contributed by atoms with Gasteiger partial charge in [0.1, 0.15) is 0 Å². The topological polar surface area (TPSA) is 69.8 Å². The predicted octanol–water partition coefficient (Wildman–Crippen LogP) is 8.50. The average molecular weight is 569 g/mol. The third-order valence-electron chi connectivity index (χ3n) is 6.51. The number of rotatable bonds is 6. The van der Waals surface area contributed by atoms with Gasteiger partial charge in [-0.3, -0.25) is 9.78 Å². The van der Waals surface area contributed by atoms with Gasteiger partial charge in [-0.05, 0) is 72.6 Å². The van der Waals surface area contributed by atoms with Crippen molar-refractivity contribution in [3.63, 3.8) is 0 Å². The number of hydrogen-bond acceptors (Lipinski definition) is 3. The third-order valence-corrected chi connectivity index (χ3v) is 6.51. The number of amides is 1. The van der Waals surface area contributed by atoms with Crippen LogP contribution in [-0.2, 0) is 23.6 Å². The first-order valence-electron chi connectivity index (χ1n) is 12.4. The molecule has 5 rings (SSSR count). The maximum atomic E-state index is 13.6. The summed E-state index contributed by atoms with van der Waals surface area (Å²) in [6.45, 7) is 1.84. The molecule has 5 aromatic rings. The molecule has 2 heterocycles. The zero-order valence-electron chi connectivity index (χ0n) is 21.4. The number of para-hydroxylation sites is 1. The Balaban J connectivity index is 1.55. The Bertz CT molecular complexity index is 1690. The molecule has 0 saturated heterocycles. The van der Waals surface area contributed by atoms with Gasteiger partial charge in [-0.25, -0.2) is 0 Å². The zero-order chi connectivity index (χ0) is 29.4. The number of pyridine rings is 1. The summed E-state index contributed by atoms with van der Waals surface area (Å²) < 4.78 is 81.7. The Morgan fingerprint density at radius 1 is 0.854 bits per heavy atom. The average Bonchev–Trinajstić information content (AvgIpc) is 3.23. The van der Waals surface area contributed by atoms with Crippen molar-refractivity contribution in [3.05, 3.63) is 108 Å². The highest BCUT2D eigenvalue weighted by atomic mass is 19.4. The Morgan fingerprint density at radius 3 is 2.22 bits per heavy atom. The van der Waals surface area contributed by atoms with Gasteiger partial charge in [0.25, 0.3) is 0 Å². The summed E-state index contributed by atoms with van der Waals surface area (Å²) in [6, 6.07) is 16.4. The fraction of sp³-hybridized carbons (Fsp3) is 0.133. The molecule has 3 aromatic carbocycles. The summed E-state index contributed by atoms with van der Waals surface area (Å²) in [5.74, 6) is -0.406. The fourth-order valence-corrected chi connectivity index (χ4v) is 4.60. The Labute approximate surface area is 230 Å². The Morgan fingerprint density at radius 2 is 1.56 bits per heavy atom. The van der Waals surface area contributed by atoms with Crippen LogP contribution < -0.4 is 10.6 Å². The summed E-state index contributed by atoms with van der Waals surface area (Å²) >= 11 is 0. The molecule has 1 amide bonds. The van der Waals surface area contributed by atoms with E-state index in [9.17, 15) is 31.1 Å². The molecule has 2 aromatic heterocycles. The first-order valence-corrected chi connectivity index (χ1v) is 12.4. The number of fused-ring (bicyclic) bond motifs is 1. The van der Waals surface area contributed by atoms with Gasteiger partial charge < -0.3 is 15.6 Å². The van der Waals surface area contributed by atoms with Crippen LogP contribution in [0.2, 0.25) is 0 Å². The van der Waals surface area contributed by atoms with Crippen LogP contribution in [0.1, 0.15) is 22.4 Å². The number of nitrogens with one attached hydrogen (secondary N) is 3. The number of carbonyl (C=O) groups excluding carboxylic acids is 1. The Kier molecular flexibility index (Phi) is 7.20. The minimum absolute atomic E-state index is 0.00263. The maximum absolute atomic E-state index is 13.6. The zero-order valence-corrected chi connectivity index (χ0v) is 21.4. The molecule has 0 aliphatic rings. The van der Waals surface area contributed by atoms with Gasteiger partial charge in [0.2, 0.25) is 5.91 Å². The van der Waals surface area contributed by atoms with Crippen LogP contribution in [-0.4, -0.2) is 15.9 Å². The Hall–Kier alpha value is -4.80. The highest BCUT2D eigenvalue weighted by molar-refractivity contribution is 5.97. The number of hydrogen-bond donors (Lipinski definition) is 3. The molecule has 11 heteroatoms. The van der Waals surface area contributed by atoms with Gasteiger partial charge in [-0.1, -0.05) is 18.2 Å². The lowest BCUT2D eigenvalue weighted by Gasteiger charge is -2.18. The van der Waals surface area contributed by atoms with E-state index in [1.807, 2.05) is 31.2 Å². The van der Waals surface area contributed by atoms with Crippen molar-refractivity contribution in [1.82, 2.24) is 9.97 Å². The van der Waals surface area contributed by atoms with E-state index in [2.05, 4.69) is 20.6 Å². The van der Waals surface area contributed by atoms with Crippen LogP contribution in [0.3, 0.4) is 0 Å². The molecule has 0 aliphatic heterocycles. The lowest BCUT2D eigenvalue weighted by molar-refractivity contribution is -0.143. The summed E-state index contributed by atoms with van der Waals surface area (Å²) in [6.07, 6.45) is -7.06. The second-order valence-corrected chi connectivity index (χ2v) is 9.42. The molecule has 0 fully saturated rings. The number of halogens is 6. The largest absolute Gasteiger partial charge is 0.416 e. The lowest BCUT2D eigenvalue weighted by Crippen LogP contribution is -2.15. The van der Waals surface area contributed by atoms with Gasteiger partial charge in [-0.15, -0.1) is 0 Å². The van der Waals surface area contributed by atoms with Crippen molar-refractivity contribution in [2.45, 2.75) is 25.7 Å². The number of aromatic nitrogens is 2. The summed E-state index contributed by atoms with van der Waals surface area (Å²) in [5.41, 5.74) is 0.129. The molecule has 41 heavy (non-hydrogen) atoms. The number of alkyl halides is 6. The van der Waals surface area contributed by atoms with E-state index in [4.69, 9.17) is 0 Å². The molecule has 0 aliphatic carbocycles. The number of carbonyl (C=O) groups is 1.